The molecular weight excluding hydrogens is 244 g/mol. The van der Waals surface area contributed by atoms with Gasteiger partial charge < -0.3 is 20.5 Å². The van der Waals surface area contributed by atoms with E-state index in [-0.39, 0.29) is 11.9 Å². The zero-order valence-corrected chi connectivity index (χ0v) is 11.3. The largest absolute Gasteiger partial charge is 0.497 e. The van der Waals surface area contributed by atoms with Crippen LogP contribution in [0, 0.1) is 5.92 Å². The topological polar surface area (TPSA) is 73.6 Å². The van der Waals surface area contributed by atoms with Crippen LogP contribution in [0.1, 0.15) is 23.7 Å². The summed E-state index contributed by atoms with van der Waals surface area (Å²) >= 11 is 0. The van der Waals surface area contributed by atoms with Crippen LogP contribution in [0.3, 0.4) is 0 Å². The second-order valence-corrected chi connectivity index (χ2v) is 4.88. The molecule has 5 heteroatoms. The van der Waals surface area contributed by atoms with Crippen molar-refractivity contribution in [1.82, 2.24) is 5.32 Å². The first-order valence-corrected chi connectivity index (χ1v) is 6.43. The predicted molar refractivity (Wildman–Crippen MR) is 73.3 cm³/mol. The highest BCUT2D eigenvalue weighted by atomic mass is 16.5. The highest BCUT2D eigenvalue weighted by Gasteiger charge is 2.24. The van der Waals surface area contributed by atoms with Crippen molar-refractivity contribution in [2.75, 3.05) is 26.1 Å². The molecule has 1 aliphatic rings. The van der Waals surface area contributed by atoms with Crippen molar-refractivity contribution >= 4 is 11.6 Å². The van der Waals surface area contributed by atoms with Crippen LogP contribution >= 0.6 is 0 Å². The molecule has 0 saturated carbocycles. The Morgan fingerprint density at radius 2 is 2.32 bits per heavy atom. The van der Waals surface area contributed by atoms with Crippen LogP contribution in [0.4, 0.5) is 5.69 Å². The Kier molecular flexibility index (Phi) is 4.27. The molecule has 0 bridgehead atoms. The number of amides is 1. The molecule has 1 aromatic rings. The van der Waals surface area contributed by atoms with Crippen molar-refractivity contribution in [3.63, 3.8) is 0 Å². The van der Waals surface area contributed by atoms with Gasteiger partial charge in [0.15, 0.2) is 0 Å². The third-order valence-electron chi connectivity index (χ3n) is 3.46. The van der Waals surface area contributed by atoms with E-state index >= 15 is 0 Å². The van der Waals surface area contributed by atoms with Gasteiger partial charge in [0.1, 0.15) is 5.75 Å². The van der Waals surface area contributed by atoms with Crippen molar-refractivity contribution in [2.24, 2.45) is 5.92 Å². The number of carbonyl (C=O) groups excluding carboxylic acids is 1. The minimum absolute atomic E-state index is 0.0856. The van der Waals surface area contributed by atoms with E-state index in [1.54, 1.807) is 25.3 Å². The summed E-state index contributed by atoms with van der Waals surface area (Å²) in [5.74, 6) is 0.832. The number of benzene rings is 1. The first-order valence-electron chi connectivity index (χ1n) is 6.43. The summed E-state index contributed by atoms with van der Waals surface area (Å²) in [5.41, 5.74) is 6.78. The normalized spacial score (nSPS) is 20.0. The lowest BCUT2D eigenvalue weighted by Crippen LogP contribution is -2.38. The van der Waals surface area contributed by atoms with Crippen molar-refractivity contribution in [3.8, 4) is 5.75 Å². The number of nitrogens with two attached hydrogens (primary N) is 1. The molecule has 104 valence electrons. The number of nitrogens with one attached hydrogen (secondary N) is 1. The maximum absolute atomic E-state index is 12.2. The van der Waals surface area contributed by atoms with Crippen LogP contribution in [-0.4, -0.2) is 32.3 Å². The Morgan fingerprint density at radius 1 is 1.53 bits per heavy atom. The van der Waals surface area contributed by atoms with Gasteiger partial charge >= 0.3 is 0 Å². The van der Waals surface area contributed by atoms with Crippen molar-refractivity contribution in [1.29, 1.82) is 0 Å². The van der Waals surface area contributed by atoms with Crippen LogP contribution in [-0.2, 0) is 4.74 Å². The van der Waals surface area contributed by atoms with E-state index in [2.05, 4.69) is 5.32 Å². The van der Waals surface area contributed by atoms with Gasteiger partial charge in [-0.3, -0.25) is 4.79 Å². The standard InChI is InChI=1S/C14H20N2O3/c1-9(10-3-4-19-8-10)16-14(17)11-5-12(15)7-13(6-11)18-2/h5-7,9-10H,3-4,8,15H2,1-2H3,(H,16,17). The van der Waals surface area contributed by atoms with Gasteiger partial charge in [0.25, 0.3) is 5.91 Å². The molecule has 1 aromatic carbocycles. The van der Waals surface area contributed by atoms with Gasteiger partial charge in [0.05, 0.1) is 13.7 Å². The number of carbonyl (C=O) groups is 1. The Hall–Kier alpha value is -1.75. The minimum Gasteiger partial charge on any atom is -0.497 e. The molecule has 5 nitrogen and oxygen atoms in total. The van der Waals surface area contributed by atoms with Gasteiger partial charge in [-0.25, -0.2) is 0 Å². The maximum atomic E-state index is 12.2. The van der Waals surface area contributed by atoms with E-state index in [1.165, 1.54) is 0 Å². The monoisotopic (exact) mass is 264 g/mol. The second kappa shape index (κ2) is 5.93. The molecule has 1 fully saturated rings. The Morgan fingerprint density at radius 3 is 2.95 bits per heavy atom. The van der Waals surface area contributed by atoms with Crippen LogP contribution < -0.4 is 15.8 Å². The van der Waals surface area contributed by atoms with E-state index in [0.29, 0.717) is 29.5 Å². The van der Waals surface area contributed by atoms with Gasteiger partial charge in [-0.1, -0.05) is 0 Å². The van der Waals surface area contributed by atoms with Crippen LogP contribution in [0.15, 0.2) is 18.2 Å². The zero-order valence-electron chi connectivity index (χ0n) is 11.3. The fourth-order valence-electron chi connectivity index (χ4n) is 2.23. The average molecular weight is 264 g/mol. The third-order valence-corrected chi connectivity index (χ3v) is 3.46. The maximum Gasteiger partial charge on any atom is 0.251 e. The number of anilines is 1. The number of hydrogen-bond acceptors (Lipinski definition) is 4. The summed E-state index contributed by atoms with van der Waals surface area (Å²) in [7, 11) is 1.55. The van der Waals surface area contributed by atoms with E-state index in [4.69, 9.17) is 15.2 Å². The number of rotatable bonds is 4. The molecule has 2 atom stereocenters. The molecule has 0 radical (unpaired) electrons. The lowest BCUT2D eigenvalue weighted by atomic mass is 10.0. The molecule has 19 heavy (non-hydrogen) atoms. The number of methoxy groups -OCH3 is 1. The molecule has 1 heterocycles. The highest BCUT2D eigenvalue weighted by Crippen LogP contribution is 2.20. The van der Waals surface area contributed by atoms with Crippen LogP contribution in [0.2, 0.25) is 0 Å². The molecule has 1 aliphatic heterocycles. The highest BCUT2D eigenvalue weighted by molar-refractivity contribution is 5.95. The van der Waals surface area contributed by atoms with Gasteiger partial charge in [0.2, 0.25) is 0 Å². The average Bonchev–Trinajstić information content (AvgIpc) is 2.91. The molecule has 3 N–H and O–H groups in total. The van der Waals surface area contributed by atoms with E-state index in [9.17, 15) is 4.79 Å². The molecule has 2 unspecified atom stereocenters. The summed E-state index contributed by atoms with van der Waals surface area (Å²) in [5, 5.41) is 2.99. The summed E-state index contributed by atoms with van der Waals surface area (Å²) in [6.07, 6.45) is 0.988. The summed E-state index contributed by atoms with van der Waals surface area (Å²) in [4.78, 5) is 12.2. The molecule has 2 rings (SSSR count). The molecule has 1 amide bonds. The van der Waals surface area contributed by atoms with Crippen LogP contribution in [0.25, 0.3) is 0 Å². The van der Waals surface area contributed by atoms with Gasteiger partial charge in [-0.2, -0.15) is 0 Å². The molecule has 1 saturated heterocycles. The van der Waals surface area contributed by atoms with E-state index < -0.39 is 0 Å². The smallest absolute Gasteiger partial charge is 0.251 e. The Labute approximate surface area is 113 Å². The zero-order chi connectivity index (χ0) is 13.8. The lowest BCUT2D eigenvalue weighted by molar-refractivity contribution is 0.0922. The second-order valence-electron chi connectivity index (χ2n) is 4.88. The third kappa shape index (κ3) is 3.38. The Balaban J connectivity index is 2.04. The minimum atomic E-state index is -0.134. The fourth-order valence-corrected chi connectivity index (χ4v) is 2.23. The molecule has 0 aliphatic carbocycles. The summed E-state index contributed by atoms with van der Waals surface area (Å²) in [6, 6.07) is 5.10. The molecule has 0 spiro atoms. The van der Waals surface area contributed by atoms with Crippen molar-refractivity contribution in [2.45, 2.75) is 19.4 Å². The first-order chi connectivity index (χ1) is 9.10. The fraction of sp³-hybridized carbons (Fsp3) is 0.500. The van der Waals surface area contributed by atoms with Gasteiger partial charge in [-0.15, -0.1) is 0 Å². The number of nitrogen functional groups attached to an aromatic ring is 1. The van der Waals surface area contributed by atoms with E-state index in [0.717, 1.165) is 13.0 Å². The summed E-state index contributed by atoms with van der Waals surface area (Å²) < 4.78 is 10.4. The summed E-state index contributed by atoms with van der Waals surface area (Å²) in [6.45, 7) is 3.49. The Bertz CT molecular complexity index is 456. The van der Waals surface area contributed by atoms with Gasteiger partial charge in [0, 0.05) is 35.9 Å². The molecular formula is C14H20N2O3. The quantitative estimate of drug-likeness (QED) is 0.807. The van der Waals surface area contributed by atoms with Crippen LogP contribution in [0.5, 0.6) is 5.75 Å². The van der Waals surface area contributed by atoms with Crippen molar-refractivity contribution in [3.05, 3.63) is 23.8 Å². The van der Waals surface area contributed by atoms with E-state index in [1.807, 2.05) is 6.92 Å². The number of ether oxygens (including phenoxy) is 2. The lowest BCUT2D eigenvalue weighted by Gasteiger charge is -2.19. The predicted octanol–water partition coefficient (Wildman–Crippen LogP) is 1.43. The molecule has 0 aromatic heterocycles. The van der Waals surface area contributed by atoms with Gasteiger partial charge in [-0.05, 0) is 25.5 Å². The SMILES string of the molecule is COc1cc(N)cc(C(=O)NC(C)C2CCOC2)c1. The number of hydrogen-bond donors (Lipinski definition) is 2. The van der Waals surface area contributed by atoms with Crippen molar-refractivity contribution < 1.29 is 14.3 Å². The first kappa shape index (κ1) is 13.7.